The average molecular weight is 275 g/mol. The summed E-state index contributed by atoms with van der Waals surface area (Å²) in [6.07, 6.45) is 0. The normalized spacial score (nSPS) is 24.5. The molecule has 1 aromatic heterocycles. The lowest BCUT2D eigenvalue weighted by atomic mass is 9.94. The van der Waals surface area contributed by atoms with Crippen LogP contribution >= 0.6 is 11.3 Å². The van der Waals surface area contributed by atoms with Crippen LogP contribution in [0.15, 0.2) is 15.7 Å². The predicted molar refractivity (Wildman–Crippen MR) is 64.5 cm³/mol. The van der Waals surface area contributed by atoms with Crippen molar-refractivity contribution in [3.63, 3.8) is 0 Å². The quantitative estimate of drug-likeness (QED) is 0.777. The van der Waals surface area contributed by atoms with Crippen molar-refractivity contribution in [3.8, 4) is 0 Å². The first-order valence-electron chi connectivity index (χ1n) is 5.29. The van der Waals surface area contributed by atoms with Gasteiger partial charge in [-0.2, -0.15) is 0 Å². The van der Waals surface area contributed by atoms with Gasteiger partial charge in [0.1, 0.15) is 0 Å². The molecule has 1 saturated heterocycles. The summed E-state index contributed by atoms with van der Waals surface area (Å²) in [5, 5.41) is 1.73. The number of hydrogen-bond acceptors (Lipinski definition) is 5. The van der Waals surface area contributed by atoms with E-state index >= 15 is 0 Å². The largest absolute Gasteiger partial charge is 0.768 e. The number of ether oxygens (including phenoxy) is 2. The average Bonchev–Trinajstić information content (AvgIpc) is 2.72. The Kier molecular flexibility index (Phi) is 3.44. The highest BCUT2D eigenvalue weighted by Gasteiger charge is 2.40. The van der Waals surface area contributed by atoms with Gasteiger partial charge < -0.3 is 14.0 Å². The minimum absolute atomic E-state index is 0.0354. The van der Waals surface area contributed by atoms with Crippen LogP contribution in [-0.4, -0.2) is 22.0 Å². The third kappa shape index (κ3) is 2.61. The van der Waals surface area contributed by atoms with Gasteiger partial charge in [0.15, 0.2) is 5.79 Å². The Morgan fingerprint density at radius 3 is 2.47 bits per heavy atom. The van der Waals surface area contributed by atoms with E-state index in [2.05, 4.69) is 0 Å². The Labute approximate surface area is 107 Å². The van der Waals surface area contributed by atoms with Gasteiger partial charge in [-0.25, -0.2) is 0 Å². The standard InChI is InChI=1S/C11H16O4S2/c1-10(2)6-14-11(3,15-7-10)8-4-5-16-9(8)17(12)13/h4-5H,6-7H2,1-3H3,(H,12,13)/p-1. The van der Waals surface area contributed by atoms with E-state index in [1.165, 1.54) is 11.3 Å². The third-order valence-electron chi connectivity index (χ3n) is 2.75. The van der Waals surface area contributed by atoms with E-state index < -0.39 is 16.9 Å². The lowest BCUT2D eigenvalue weighted by Crippen LogP contribution is -2.43. The second kappa shape index (κ2) is 4.44. The molecule has 2 heterocycles. The summed E-state index contributed by atoms with van der Waals surface area (Å²) >= 11 is -1.07. The molecular formula is C11H15O4S2-. The van der Waals surface area contributed by atoms with Crippen molar-refractivity contribution in [2.75, 3.05) is 13.2 Å². The second-order valence-corrected chi connectivity index (χ2v) is 7.10. The second-order valence-electron chi connectivity index (χ2n) is 5.04. The Bertz CT molecular complexity index is 428. The molecule has 0 aromatic carbocycles. The molecule has 1 unspecified atom stereocenters. The van der Waals surface area contributed by atoms with Gasteiger partial charge in [0, 0.05) is 11.0 Å². The SMILES string of the molecule is CC1(C)COC(C)(c2ccsc2S(=O)[O-])OC1. The van der Waals surface area contributed by atoms with Crippen LogP contribution in [0.4, 0.5) is 0 Å². The molecular weight excluding hydrogens is 260 g/mol. The molecule has 0 bridgehead atoms. The summed E-state index contributed by atoms with van der Waals surface area (Å²) in [6.45, 7) is 6.95. The molecule has 0 spiro atoms. The fourth-order valence-corrected chi connectivity index (χ4v) is 3.29. The zero-order chi connectivity index (χ0) is 12.7. The molecule has 0 radical (unpaired) electrons. The summed E-state index contributed by atoms with van der Waals surface area (Å²) in [5.41, 5.74) is 0.554. The third-order valence-corrected chi connectivity index (χ3v) is 4.67. The Morgan fingerprint density at radius 1 is 1.35 bits per heavy atom. The maximum Gasteiger partial charge on any atom is 0.193 e. The molecule has 0 N–H and O–H groups in total. The van der Waals surface area contributed by atoms with Gasteiger partial charge in [-0.05, 0) is 29.5 Å². The molecule has 0 amide bonds. The highest BCUT2D eigenvalue weighted by molar-refractivity contribution is 7.81. The van der Waals surface area contributed by atoms with Gasteiger partial charge >= 0.3 is 0 Å². The van der Waals surface area contributed by atoms with Crippen LogP contribution in [0, 0.1) is 5.41 Å². The van der Waals surface area contributed by atoms with Crippen LogP contribution in [0.25, 0.3) is 0 Å². The molecule has 1 fully saturated rings. The van der Waals surface area contributed by atoms with Crippen LogP contribution in [0.5, 0.6) is 0 Å². The minimum atomic E-state index is -2.25. The van der Waals surface area contributed by atoms with Crippen LogP contribution in [0.2, 0.25) is 0 Å². The summed E-state index contributed by atoms with van der Waals surface area (Å²) < 4.78 is 33.9. The molecule has 1 aliphatic rings. The lowest BCUT2D eigenvalue weighted by Gasteiger charge is -2.41. The van der Waals surface area contributed by atoms with Crippen molar-refractivity contribution in [3.05, 3.63) is 17.0 Å². The van der Waals surface area contributed by atoms with Gasteiger partial charge in [-0.1, -0.05) is 13.8 Å². The maximum atomic E-state index is 11.1. The fraction of sp³-hybridized carbons (Fsp3) is 0.636. The molecule has 0 aliphatic carbocycles. The summed E-state index contributed by atoms with van der Waals surface area (Å²) in [6, 6.07) is 1.74. The smallest absolute Gasteiger partial charge is 0.193 e. The molecule has 6 heteroatoms. The molecule has 96 valence electrons. The maximum absolute atomic E-state index is 11.1. The number of rotatable bonds is 2. The summed E-state index contributed by atoms with van der Waals surface area (Å²) in [4.78, 5) is 0. The van der Waals surface area contributed by atoms with Gasteiger partial charge in [-0.15, -0.1) is 11.3 Å². The van der Waals surface area contributed by atoms with E-state index in [9.17, 15) is 8.76 Å². The topological polar surface area (TPSA) is 58.6 Å². The van der Waals surface area contributed by atoms with E-state index in [1.807, 2.05) is 13.8 Å². The van der Waals surface area contributed by atoms with Crippen molar-refractivity contribution >= 4 is 22.4 Å². The molecule has 0 saturated carbocycles. The zero-order valence-electron chi connectivity index (χ0n) is 10.0. The van der Waals surface area contributed by atoms with Crippen LogP contribution in [0.1, 0.15) is 26.3 Å². The molecule has 4 nitrogen and oxygen atoms in total. The Hall–Kier alpha value is -0.270. The van der Waals surface area contributed by atoms with Gasteiger partial charge in [0.25, 0.3) is 0 Å². The van der Waals surface area contributed by atoms with Crippen molar-refractivity contribution < 1.29 is 18.2 Å². The van der Waals surface area contributed by atoms with E-state index in [0.717, 1.165) is 0 Å². The van der Waals surface area contributed by atoms with Gasteiger partial charge in [-0.3, -0.25) is 4.21 Å². The first-order chi connectivity index (χ1) is 7.84. The highest BCUT2D eigenvalue weighted by atomic mass is 32.2. The van der Waals surface area contributed by atoms with Gasteiger partial charge in [0.2, 0.25) is 0 Å². The van der Waals surface area contributed by atoms with E-state index in [-0.39, 0.29) is 9.62 Å². The van der Waals surface area contributed by atoms with Gasteiger partial charge in [0.05, 0.1) is 17.4 Å². The fourth-order valence-electron chi connectivity index (χ4n) is 1.67. The van der Waals surface area contributed by atoms with E-state index in [0.29, 0.717) is 18.8 Å². The van der Waals surface area contributed by atoms with Crippen LogP contribution < -0.4 is 0 Å². The van der Waals surface area contributed by atoms with Crippen molar-refractivity contribution in [1.29, 1.82) is 0 Å². The van der Waals surface area contributed by atoms with Crippen molar-refractivity contribution in [2.45, 2.75) is 30.8 Å². The molecule has 1 aromatic rings. The Balaban J connectivity index is 2.28. The monoisotopic (exact) mass is 275 g/mol. The molecule has 2 rings (SSSR count). The summed E-state index contributed by atoms with van der Waals surface area (Å²) in [7, 11) is 0. The molecule has 1 atom stereocenters. The zero-order valence-corrected chi connectivity index (χ0v) is 11.7. The number of hydrogen-bond donors (Lipinski definition) is 0. The Morgan fingerprint density at radius 2 is 1.94 bits per heavy atom. The molecule has 1 aliphatic heterocycles. The van der Waals surface area contributed by atoms with Crippen LogP contribution in [-0.2, 0) is 26.3 Å². The van der Waals surface area contributed by atoms with E-state index in [4.69, 9.17) is 9.47 Å². The van der Waals surface area contributed by atoms with Crippen molar-refractivity contribution in [1.82, 2.24) is 0 Å². The minimum Gasteiger partial charge on any atom is -0.768 e. The number of thiophene rings is 1. The van der Waals surface area contributed by atoms with Crippen LogP contribution in [0.3, 0.4) is 0 Å². The van der Waals surface area contributed by atoms with E-state index in [1.54, 1.807) is 18.4 Å². The van der Waals surface area contributed by atoms with Crippen molar-refractivity contribution in [2.24, 2.45) is 5.41 Å². The first kappa shape index (κ1) is 13.2. The highest BCUT2D eigenvalue weighted by Crippen LogP contribution is 2.39. The molecule has 17 heavy (non-hydrogen) atoms. The summed E-state index contributed by atoms with van der Waals surface area (Å²) in [5.74, 6) is -0.953. The lowest BCUT2D eigenvalue weighted by molar-refractivity contribution is -0.299. The first-order valence-corrected chi connectivity index (χ1v) is 7.25. The predicted octanol–water partition coefficient (Wildman–Crippen LogP) is 2.23.